The lowest BCUT2D eigenvalue weighted by molar-refractivity contribution is 0.109. The summed E-state index contributed by atoms with van der Waals surface area (Å²) in [5.74, 6) is 0.790. The van der Waals surface area contributed by atoms with Crippen molar-refractivity contribution in [1.82, 2.24) is 4.90 Å². The van der Waals surface area contributed by atoms with E-state index >= 15 is 0 Å². The number of nitrogens with one attached hydrogen (secondary N) is 1. The summed E-state index contributed by atoms with van der Waals surface area (Å²) in [6.45, 7) is 6.35. The minimum atomic E-state index is -0.589. The number of nitrogens with zero attached hydrogens (tertiary/aromatic N) is 2. The van der Waals surface area contributed by atoms with E-state index in [4.69, 9.17) is 43.2 Å². The number of β-amino-alcohol motifs (C(OH)–C–C–N with tert-alkyl or cyclic N) is 1. The van der Waals surface area contributed by atoms with Crippen LogP contribution in [-0.2, 0) is 4.74 Å². The van der Waals surface area contributed by atoms with Gasteiger partial charge in [-0.1, -0.05) is 53.5 Å². The van der Waals surface area contributed by atoms with Crippen molar-refractivity contribution < 1.29 is 19.7 Å². The highest BCUT2D eigenvalue weighted by molar-refractivity contribution is 6.33. The van der Waals surface area contributed by atoms with Gasteiger partial charge in [-0.2, -0.15) is 0 Å². The highest BCUT2D eigenvalue weighted by atomic mass is 35.5. The van der Waals surface area contributed by atoms with E-state index in [2.05, 4.69) is 9.80 Å². The molecule has 1 aliphatic rings. The standard InChI is InChI=1S/C23H30ClN3O4.C6H5Cl/c1-2-30-23(25)18-5-3-17(4-6-18)22(29)16-26-9-11-27(12-10-26)21-8-7-19(15-20(21)24)31-14-13-28;7-6-4-2-1-3-5-6/h3-8,15,22,25,28-29H,2,9-14,16H2,1H3;1-5H. The third-order valence-corrected chi connectivity index (χ3v) is 6.56. The Morgan fingerprint density at radius 2 is 1.66 bits per heavy atom. The Morgan fingerprint density at radius 1 is 0.974 bits per heavy atom. The van der Waals surface area contributed by atoms with Crippen LogP contribution in [0.3, 0.4) is 0 Å². The Bertz CT molecular complexity index is 1120. The topological polar surface area (TPSA) is 89.3 Å². The average molecular weight is 561 g/mol. The van der Waals surface area contributed by atoms with E-state index in [1.807, 2.05) is 73.7 Å². The molecular formula is C29H35Cl2N3O4. The Labute approximate surface area is 234 Å². The quantitative estimate of drug-likeness (QED) is 0.244. The molecule has 1 atom stereocenters. The van der Waals surface area contributed by atoms with Gasteiger partial charge in [-0.05, 0) is 48.9 Å². The van der Waals surface area contributed by atoms with Crippen LogP contribution in [0, 0.1) is 5.41 Å². The molecule has 204 valence electrons. The van der Waals surface area contributed by atoms with Gasteiger partial charge < -0.3 is 24.6 Å². The molecule has 7 nitrogen and oxygen atoms in total. The molecule has 0 spiro atoms. The van der Waals surface area contributed by atoms with E-state index in [0.29, 0.717) is 29.5 Å². The number of aliphatic hydroxyl groups excluding tert-OH is 2. The Kier molecular flexibility index (Phi) is 12.2. The lowest BCUT2D eigenvalue weighted by atomic mass is 10.1. The van der Waals surface area contributed by atoms with Crippen molar-refractivity contribution in [3.63, 3.8) is 0 Å². The second kappa shape index (κ2) is 15.6. The third-order valence-electron chi connectivity index (χ3n) is 6.00. The second-order valence-electron chi connectivity index (χ2n) is 8.67. The first-order valence-electron chi connectivity index (χ1n) is 12.6. The molecule has 3 aromatic rings. The first-order chi connectivity index (χ1) is 18.4. The smallest absolute Gasteiger partial charge is 0.213 e. The number of anilines is 1. The Morgan fingerprint density at radius 3 is 2.21 bits per heavy atom. The zero-order valence-electron chi connectivity index (χ0n) is 21.5. The highest BCUT2D eigenvalue weighted by Gasteiger charge is 2.22. The third kappa shape index (κ3) is 9.19. The fraction of sp³-hybridized carbons (Fsp3) is 0.345. The summed E-state index contributed by atoms with van der Waals surface area (Å²) in [5, 5.41) is 28.8. The van der Waals surface area contributed by atoms with Gasteiger partial charge in [0.25, 0.3) is 0 Å². The lowest BCUT2D eigenvalue weighted by Crippen LogP contribution is -2.47. The van der Waals surface area contributed by atoms with E-state index in [1.54, 1.807) is 6.07 Å². The molecule has 0 bridgehead atoms. The minimum absolute atomic E-state index is 0.0334. The van der Waals surface area contributed by atoms with Crippen molar-refractivity contribution in [3.05, 3.63) is 94.0 Å². The maximum absolute atomic E-state index is 10.6. The van der Waals surface area contributed by atoms with Crippen LogP contribution in [0.2, 0.25) is 10.0 Å². The molecule has 0 saturated carbocycles. The van der Waals surface area contributed by atoms with Gasteiger partial charge >= 0.3 is 0 Å². The van der Waals surface area contributed by atoms with Crippen LogP contribution in [0.1, 0.15) is 24.2 Å². The number of aliphatic hydroxyl groups is 2. The van der Waals surface area contributed by atoms with Gasteiger partial charge in [0, 0.05) is 49.4 Å². The van der Waals surface area contributed by atoms with Crippen molar-refractivity contribution in [2.45, 2.75) is 13.0 Å². The summed E-state index contributed by atoms with van der Waals surface area (Å²) in [4.78, 5) is 4.47. The molecule has 38 heavy (non-hydrogen) atoms. The molecule has 0 aliphatic carbocycles. The molecule has 3 aromatic carbocycles. The van der Waals surface area contributed by atoms with Crippen molar-refractivity contribution in [3.8, 4) is 5.75 Å². The van der Waals surface area contributed by atoms with E-state index in [0.717, 1.165) is 42.5 Å². The largest absolute Gasteiger partial charge is 0.491 e. The number of ether oxygens (including phenoxy) is 2. The van der Waals surface area contributed by atoms with Crippen LogP contribution in [-0.4, -0.2) is 73.6 Å². The number of hydrogen-bond donors (Lipinski definition) is 3. The Hall–Kier alpha value is -2.81. The molecule has 3 N–H and O–H groups in total. The summed E-state index contributed by atoms with van der Waals surface area (Å²) in [5.41, 5.74) is 2.50. The van der Waals surface area contributed by atoms with Gasteiger partial charge in [0.2, 0.25) is 5.90 Å². The number of halogens is 2. The average Bonchev–Trinajstić information content (AvgIpc) is 2.93. The number of piperazine rings is 1. The number of rotatable bonds is 9. The maximum Gasteiger partial charge on any atom is 0.213 e. The molecule has 4 rings (SSSR count). The summed E-state index contributed by atoms with van der Waals surface area (Å²) >= 11 is 12.0. The van der Waals surface area contributed by atoms with Gasteiger partial charge in [-0.15, -0.1) is 0 Å². The lowest BCUT2D eigenvalue weighted by Gasteiger charge is -2.37. The molecular weight excluding hydrogens is 525 g/mol. The summed E-state index contributed by atoms with van der Waals surface area (Å²) in [6, 6.07) is 22.4. The molecule has 1 aliphatic heterocycles. The summed E-state index contributed by atoms with van der Waals surface area (Å²) in [6.07, 6.45) is -0.589. The van der Waals surface area contributed by atoms with E-state index in [-0.39, 0.29) is 19.1 Å². The van der Waals surface area contributed by atoms with Gasteiger partial charge in [0.05, 0.1) is 30.0 Å². The SMILES string of the molecule is CCOC(=N)c1ccc(C(O)CN2CCN(c3ccc(OCCO)cc3Cl)CC2)cc1.Clc1ccccc1. The van der Waals surface area contributed by atoms with Crippen molar-refractivity contribution >= 4 is 34.8 Å². The minimum Gasteiger partial charge on any atom is -0.491 e. The molecule has 0 amide bonds. The first kappa shape index (κ1) is 29.7. The van der Waals surface area contributed by atoms with Crippen LogP contribution in [0.25, 0.3) is 0 Å². The van der Waals surface area contributed by atoms with Crippen LogP contribution in [0.4, 0.5) is 5.69 Å². The van der Waals surface area contributed by atoms with Gasteiger partial charge in [-0.3, -0.25) is 10.3 Å². The number of hydrogen-bond acceptors (Lipinski definition) is 7. The molecule has 1 heterocycles. The maximum atomic E-state index is 10.6. The monoisotopic (exact) mass is 559 g/mol. The van der Waals surface area contributed by atoms with Crippen molar-refractivity contribution in [1.29, 1.82) is 5.41 Å². The predicted molar refractivity (Wildman–Crippen MR) is 154 cm³/mol. The predicted octanol–water partition coefficient (Wildman–Crippen LogP) is 5.27. The Balaban J connectivity index is 0.000000494. The molecule has 0 radical (unpaired) electrons. The molecule has 1 unspecified atom stereocenters. The van der Waals surface area contributed by atoms with E-state index in [9.17, 15) is 5.11 Å². The van der Waals surface area contributed by atoms with E-state index in [1.165, 1.54) is 0 Å². The van der Waals surface area contributed by atoms with Crippen molar-refractivity contribution in [2.24, 2.45) is 0 Å². The highest BCUT2D eigenvalue weighted by Crippen LogP contribution is 2.31. The normalized spacial score (nSPS) is 14.3. The zero-order valence-corrected chi connectivity index (χ0v) is 23.0. The second-order valence-corrected chi connectivity index (χ2v) is 9.51. The zero-order chi connectivity index (χ0) is 27.3. The summed E-state index contributed by atoms with van der Waals surface area (Å²) < 4.78 is 10.6. The fourth-order valence-electron chi connectivity index (χ4n) is 4.02. The number of benzene rings is 3. The molecule has 0 aromatic heterocycles. The fourth-order valence-corrected chi connectivity index (χ4v) is 4.45. The molecule has 9 heteroatoms. The van der Waals surface area contributed by atoms with Crippen LogP contribution in [0.5, 0.6) is 5.75 Å². The van der Waals surface area contributed by atoms with Gasteiger partial charge in [0.15, 0.2) is 0 Å². The van der Waals surface area contributed by atoms with Crippen LogP contribution >= 0.6 is 23.2 Å². The van der Waals surface area contributed by atoms with Gasteiger partial charge in [0.1, 0.15) is 12.4 Å². The summed E-state index contributed by atoms with van der Waals surface area (Å²) in [7, 11) is 0. The van der Waals surface area contributed by atoms with Gasteiger partial charge in [-0.25, -0.2) is 0 Å². The van der Waals surface area contributed by atoms with E-state index < -0.39 is 6.10 Å². The van der Waals surface area contributed by atoms with Crippen molar-refractivity contribution in [2.75, 3.05) is 57.4 Å². The molecule has 1 saturated heterocycles. The van der Waals surface area contributed by atoms with Crippen LogP contribution in [0.15, 0.2) is 72.8 Å². The van der Waals surface area contributed by atoms with Crippen LogP contribution < -0.4 is 9.64 Å². The first-order valence-corrected chi connectivity index (χ1v) is 13.4. The molecule has 1 fully saturated rings.